The van der Waals surface area contributed by atoms with Crippen LogP contribution in [0, 0.1) is 24.5 Å². The fourth-order valence-corrected chi connectivity index (χ4v) is 5.75. The lowest BCUT2D eigenvalue weighted by Crippen LogP contribution is -2.39. The molecule has 0 bridgehead atoms. The molecule has 174 valence electrons. The molecule has 11 heteroatoms. The molecule has 2 aliphatic carbocycles. The van der Waals surface area contributed by atoms with Crippen LogP contribution in [0.3, 0.4) is 0 Å². The van der Waals surface area contributed by atoms with Gasteiger partial charge in [-0.15, -0.1) is 21.5 Å². The van der Waals surface area contributed by atoms with E-state index >= 15 is 0 Å². The van der Waals surface area contributed by atoms with E-state index in [9.17, 15) is 23.2 Å². The third-order valence-corrected chi connectivity index (χ3v) is 7.82. The van der Waals surface area contributed by atoms with Crippen LogP contribution >= 0.6 is 11.3 Å². The predicted octanol–water partition coefficient (Wildman–Crippen LogP) is 3.28. The Kier molecular flexibility index (Phi) is 4.50. The number of anilines is 1. The monoisotopic (exact) mass is 483 g/mol. The lowest BCUT2D eigenvalue weighted by molar-refractivity contribution is -0.118. The zero-order chi connectivity index (χ0) is 23.8. The molecule has 0 radical (unpaired) electrons. The van der Waals surface area contributed by atoms with Crippen LogP contribution in [0.5, 0.6) is 0 Å². The number of benzene rings is 1. The zero-order valence-electron chi connectivity index (χ0n) is 18.0. The number of amides is 2. The fraction of sp³-hybridized carbons (Fsp3) is 0.348. The number of hydrogen-bond donors (Lipinski definition) is 2. The summed E-state index contributed by atoms with van der Waals surface area (Å²) in [6, 6.07) is 3.20. The van der Waals surface area contributed by atoms with Crippen molar-refractivity contribution in [3.05, 3.63) is 62.9 Å². The summed E-state index contributed by atoms with van der Waals surface area (Å²) in [4.78, 5) is 39.5. The van der Waals surface area contributed by atoms with Gasteiger partial charge in [-0.2, -0.15) is 0 Å². The summed E-state index contributed by atoms with van der Waals surface area (Å²) in [5.41, 5.74) is 2.62. The van der Waals surface area contributed by atoms with Crippen molar-refractivity contribution in [3.63, 3.8) is 0 Å². The van der Waals surface area contributed by atoms with E-state index in [4.69, 9.17) is 0 Å². The number of nitrogens with zero attached hydrogens (tertiary/aromatic N) is 3. The van der Waals surface area contributed by atoms with E-state index in [1.54, 1.807) is 12.4 Å². The highest BCUT2D eigenvalue weighted by atomic mass is 32.1. The fourth-order valence-electron chi connectivity index (χ4n) is 4.98. The Morgan fingerprint density at radius 2 is 2.00 bits per heavy atom. The van der Waals surface area contributed by atoms with Crippen molar-refractivity contribution in [2.45, 2.75) is 44.2 Å². The van der Waals surface area contributed by atoms with Gasteiger partial charge in [-0.3, -0.25) is 14.4 Å². The van der Waals surface area contributed by atoms with Crippen LogP contribution in [-0.4, -0.2) is 32.4 Å². The molecule has 2 atom stereocenters. The van der Waals surface area contributed by atoms with Gasteiger partial charge in [0.25, 0.3) is 17.6 Å². The summed E-state index contributed by atoms with van der Waals surface area (Å²) in [6.07, 6.45) is 2.87. The van der Waals surface area contributed by atoms with Crippen LogP contribution in [-0.2, 0) is 16.8 Å². The highest BCUT2D eigenvalue weighted by Crippen LogP contribution is 2.54. The van der Waals surface area contributed by atoms with Crippen molar-refractivity contribution >= 4 is 34.6 Å². The van der Waals surface area contributed by atoms with Gasteiger partial charge in [0, 0.05) is 23.5 Å². The molecule has 2 saturated carbocycles. The van der Waals surface area contributed by atoms with Gasteiger partial charge in [0.15, 0.2) is 11.6 Å². The summed E-state index contributed by atoms with van der Waals surface area (Å²) in [7, 11) is 0. The van der Waals surface area contributed by atoms with Crippen molar-refractivity contribution in [1.29, 1.82) is 0 Å². The van der Waals surface area contributed by atoms with Crippen molar-refractivity contribution < 1.29 is 23.2 Å². The number of Topliss-reactive ketones (excluding diaryl/α,β-unsaturated/α-hetero) is 1. The molecule has 3 heterocycles. The first-order valence-electron chi connectivity index (χ1n) is 10.9. The molecular formula is C23H19F2N5O3S. The van der Waals surface area contributed by atoms with Crippen LogP contribution in [0.4, 0.5) is 14.5 Å². The van der Waals surface area contributed by atoms with Gasteiger partial charge in [0.05, 0.1) is 11.1 Å². The van der Waals surface area contributed by atoms with Crippen LogP contribution < -0.4 is 10.6 Å². The molecule has 8 nitrogen and oxygen atoms in total. The Labute approximate surface area is 196 Å². The molecule has 1 aliphatic heterocycles. The molecule has 2 aromatic heterocycles. The van der Waals surface area contributed by atoms with Crippen molar-refractivity contribution in [2.75, 3.05) is 5.32 Å². The molecule has 3 aliphatic rings. The Bertz CT molecular complexity index is 1380. The predicted molar refractivity (Wildman–Crippen MR) is 118 cm³/mol. The summed E-state index contributed by atoms with van der Waals surface area (Å²) >= 11 is 1.33. The first-order valence-corrected chi connectivity index (χ1v) is 11.8. The van der Waals surface area contributed by atoms with Gasteiger partial charge in [0.1, 0.15) is 16.2 Å². The normalized spacial score (nSPS) is 20.9. The number of halogens is 2. The smallest absolute Gasteiger partial charge is 0.293 e. The van der Waals surface area contributed by atoms with E-state index in [0.717, 1.165) is 18.6 Å². The number of aromatic nitrogens is 3. The average molecular weight is 484 g/mol. The Morgan fingerprint density at radius 3 is 2.68 bits per heavy atom. The molecule has 2 N–H and O–H groups in total. The van der Waals surface area contributed by atoms with Gasteiger partial charge in [-0.05, 0) is 56.2 Å². The molecule has 2 amide bonds. The van der Waals surface area contributed by atoms with Crippen LogP contribution in [0.25, 0.3) is 0 Å². The lowest BCUT2D eigenvalue weighted by Gasteiger charge is -2.14. The van der Waals surface area contributed by atoms with E-state index in [0.29, 0.717) is 41.4 Å². The second-order valence-corrected chi connectivity index (χ2v) is 9.96. The first-order chi connectivity index (χ1) is 16.3. The molecule has 0 spiro atoms. The number of ketones is 1. The Hall–Kier alpha value is -3.47. The minimum atomic E-state index is -1.07. The topological polar surface area (TPSA) is 106 Å². The van der Waals surface area contributed by atoms with E-state index in [1.807, 2.05) is 4.57 Å². The second-order valence-electron chi connectivity index (χ2n) is 9.12. The van der Waals surface area contributed by atoms with Gasteiger partial charge < -0.3 is 15.2 Å². The second kappa shape index (κ2) is 7.26. The highest BCUT2D eigenvalue weighted by Gasteiger charge is 2.52. The number of carbonyl (C=O) groups is 3. The molecule has 6 rings (SSSR count). The van der Waals surface area contributed by atoms with Crippen LogP contribution in [0.2, 0.25) is 0 Å². The van der Waals surface area contributed by atoms with Crippen molar-refractivity contribution in [3.8, 4) is 0 Å². The van der Waals surface area contributed by atoms with Crippen LogP contribution in [0.15, 0.2) is 23.7 Å². The number of nitrogens with one attached hydrogen (secondary N) is 2. The minimum absolute atomic E-state index is 0.0974. The van der Waals surface area contributed by atoms with Crippen molar-refractivity contribution in [2.24, 2.45) is 5.92 Å². The molecule has 3 aromatic rings. The van der Waals surface area contributed by atoms with Crippen molar-refractivity contribution in [1.82, 2.24) is 20.1 Å². The Morgan fingerprint density at radius 1 is 1.21 bits per heavy atom. The quantitative estimate of drug-likeness (QED) is 0.414. The maximum Gasteiger partial charge on any atom is 0.293 e. The van der Waals surface area contributed by atoms with E-state index in [2.05, 4.69) is 20.8 Å². The molecule has 0 saturated heterocycles. The third kappa shape index (κ3) is 3.17. The number of rotatable bonds is 6. The molecule has 1 aromatic carbocycles. The van der Waals surface area contributed by atoms with E-state index in [1.165, 1.54) is 17.4 Å². The lowest BCUT2D eigenvalue weighted by atomic mass is 10.0. The van der Waals surface area contributed by atoms with Crippen LogP contribution in [0.1, 0.15) is 62.4 Å². The maximum atomic E-state index is 13.6. The largest absolute Gasteiger partial charge is 0.337 e. The van der Waals surface area contributed by atoms with E-state index < -0.39 is 34.8 Å². The first kappa shape index (κ1) is 21.1. The van der Waals surface area contributed by atoms with Gasteiger partial charge in [0.2, 0.25) is 0 Å². The average Bonchev–Trinajstić information content (AvgIpc) is 3.59. The Balaban J connectivity index is 1.31. The molecule has 2 fully saturated rings. The summed E-state index contributed by atoms with van der Waals surface area (Å²) < 4.78 is 28.7. The van der Waals surface area contributed by atoms with E-state index in [-0.39, 0.29) is 23.0 Å². The summed E-state index contributed by atoms with van der Waals surface area (Å²) in [6.45, 7) is 1.64. The number of fused-ring (bicyclic) bond motifs is 3. The molecule has 34 heavy (non-hydrogen) atoms. The van der Waals surface area contributed by atoms with Gasteiger partial charge >= 0.3 is 0 Å². The van der Waals surface area contributed by atoms with Gasteiger partial charge in [-0.25, -0.2) is 8.78 Å². The highest BCUT2D eigenvalue weighted by molar-refractivity contribution is 7.09. The zero-order valence-corrected chi connectivity index (χ0v) is 18.8. The minimum Gasteiger partial charge on any atom is -0.337 e. The summed E-state index contributed by atoms with van der Waals surface area (Å²) in [5, 5.41) is 14.0. The SMILES string of the molecule is Cc1c(C(=O)C(=O)NC2(c3nncs3)CC2)c2n(c1C(=O)Nc1ccc(F)c(F)c1)C1CC1C2. The third-order valence-electron chi connectivity index (χ3n) is 6.92. The summed E-state index contributed by atoms with van der Waals surface area (Å²) in [5.74, 6) is -3.73. The standard InChI is InChI=1S/C23H19F2N5O3S/c1-10-17(19(31)21(33)28-23(4-5-23)22-29-26-9-34-22)16-7-11-6-15(11)30(16)18(10)20(32)27-12-2-3-13(24)14(25)8-12/h2-3,8-9,11,15H,4-7H2,1H3,(H,27,32)(H,28,33). The number of hydrogen-bond acceptors (Lipinski definition) is 6. The molecule has 2 unspecified atom stereocenters. The molecular weight excluding hydrogens is 464 g/mol. The van der Waals surface area contributed by atoms with Gasteiger partial charge in [-0.1, -0.05) is 0 Å². The number of carbonyl (C=O) groups excluding carboxylic acids is 3. The maximum absolute atomic E-state index is 13.6.